The first kappa shape index (κ1) is 23.5. The predicted octanol–water partition coefficient (Wildman–Crippen LogP) is 1.54. The Morgan fingerprint density at radius 1 is 1.11 bits per heavy atom. The van der Waals surface area contributed by atoms with E-state index in [-0.39, 0.29) is 29.9 Å². The third kappa shape index (κ3) is 8.34. The molecule has 0 atom stereocenters. The highest BCUT2D eigenvalue weighted by Crippen LogP contribution is 2.15. The maximum absolute atomic E-state index is 12.4. The Morgan fingerprint density at radius 2 is 1.78 bits per heavy atom. The number of guanidine groups is 1. The lowest BCUT2D eigenvalue weighted by Crippen LogP contribution is -2.49. The smallest absolute Gasteiger partial charge is 0.224 e. The van der Waals surface area contributed by atoms with Gasteiger partial charge in [0.15, 0.2) is 5.96 Å². The normalized spacial score (nSPS) is 14.5. The molecular weight excluding hydrogens is 457 g/mol. The first-order chi connectivity index (χ1) is 12.7. The Morgan fingerprint density at radius 3 is 2.41 bits per heavy atom. The number of nitrogens with zero attached hydrogens (tertiary/aromatic N) is 3. The number of para-hydroxylation sites is 1. The second-order valence-corrected chi connectivity index (χ2v) is 6.08. The number of piperazine rings is 1. The quantitative estimate of drug-likeness (QED) is 0.251. The summed E-state index contributed by atoms with van der Waals surface area (Å²) in [5.41, 5.74) is 1.23. The molecule has 1 aromatic rings. The Labute approximate surface area is 179 Å². The van der Waals surface area contributed by atoms with Crippen LogP contribution in [0.4, 0.5) is 5.69 Å². The Hall–Kier alpha value is -1.55. The number of rotatable bonds is 8. The molecule has 1 heterocycles. The van der Waals surface area contributed by atoms with E-state index in [4.69, 9.17) is 4.74 Å². The van der Waals surface area contributed by atoms with Gasteiger partial charge in [0.2, 0.25) is 5.91 Å². The minimum Gasteiger partial charge on any atom is -0.380 e. The van der Waals surface area contributed by atoms with Gasteiger partial charge in [-0.05, 0) is 19.1 Å². The van der Waals surface area contributed by atoms with Gasteiger partial charge < -0.3 is 25.2 Å². The SMILES string of the molecule is CCOCCNC(=NC)NCCC(=O)N1CCN(c2ccccc2)CC1.I. The van der Waals surface area contributed by atoms with Gasteiger partial charge in [-0.25, -0.2) is 0 Å². The van der Waals surface area contributed by atoms with E-state index in [9.17, 15) is 4.79 Å². The van der Waals surface area contributed by atoms with E-state index in [0.29, 0.717) is 38.7 Å². The predicted molar refractivity (Wildman–Crippen MR) is 121 cm³/mol. The molecule has 1 amide bonds. The molecule has 2 N–H and O–H groups in total. The summed E-state index contributed by atoms with van der Waals surface area (Å²) >= 11 is 0. The molecule has 2 rings (SSSR count). The lowest BCUT2D eigenvalue weighted by atomic mass is 10.2. The third-order valence-corrected chi connectivity index (χ3v) is 4.35. The molecule has 0 bridgehead atoms. The molecule has 0 unspecified atom stereocenters. The second kappa shape index (κ2) is 13.6. The van der Waals surface area contributed by atoms with Crippen LogP contribution in [-0.4, -0.2) is 76.3 Å². The van der Waals surface area contributed by atoms with Gasteiger partial charge in [0.1, 0.15) is 0 Å². The number of carbonyl (C=O) groups excluding carboxylic acids is 1. The molecule has 1 aliphatic heterocycles. The van der Waals surface area contributed by atoms with Crippen LogP contribution in [0, 0.1) is 0 Å². The highest BCUT2D eigenvalue weighted by molar-refractivity contribution is 14.0. The lowest BCUT2D eigenvalue weighted by molar-refractivity contribution is -0.131. The summed E-state index contributed by atoms with van der Waals surface area (Å²) < 4.78 is 5.28. The van der Waals surface area contributed by atoms with Gasteiger partial charge in [-0.3, -0.25) is 9.79 Å². The van der Waals surface area contributed by atoms with Crippen molar-refractivity contribution in [3.05, 3.63) is 30.3 Å². The zero-order valence-corrected chi connectivity index (χ0v) is 18.6. The van der Waals surface area contributed by atoms with E-state index >= 15 is 0 Å². The summed E-state index contributed by atoms with van der Waals surface area (Å²) in [6.45, 7) is 7.90. The van der Waals surface area contributed by atoms with Crippen molar-refractivity contribution in [1.82, 2.24) is 15.5 Å². The van der Waals surface area contributed by atoms with Crippen molar-refractivity contribution >= 4 is 41.5 Å². The van der Waals surface area contributed by atoms with E-state index in [1.165, 1.54) is 5.69 Å². The van der Waals surface area contributed by atoms with Crippen LogP contribution in [0.25, 0.3) is 0 Å². The highest BCUT2D eigenvalue weighted by atomic mass is 127. The van der Waals surface area contributed by atoms with Crippen LogP contribution in [0.5, 0.6) is 0 Å². The van der Waals surface area contributed by atoms with E-state index in [0.717, 1.165) is 26.2 Å². The molecule has 0 radical (unpaired) electrons. The molecular formula is C19H32IN5O2. The van der Waals surface area contributed by atoms with Crippen molar-refractivity contribution in [2.75, 3.05) is 64.4 Å². The van der Waals surface area contributed by atoms with Gasteiger partial charge in [0.05, 0.1) is 6.61 Å². The fourth-order valence-electron chi connectivity index (χ4n) is 2.91. The Balaban J connectivity index is 0.00000364. The van der Waals surface area contributed by atoms with Gasteiger partial charge in [0.25, 0.3) is 0 Å². The largest absolute Gasteiger partial charge is 0.380 e. The number of halogens is 1. The Kier molecular flexibility index (Phi) is 11.8. The van der Waals surface area contributed by atoms with Gasteiger partial charge in [0, 0.05) is 65.0 Å². The molecule has 0 saturated carbocycles. The summed E-state index contributed by atoms with van der Waals surface area (Å²) in [7, 11) is 1.72. The highest BCUT2D eigenvalue weighted by Gasteiger charge is 2.20. The standard InChI is InChI=1S/C19H31N5O2.HI/c1-3-26-16-11-22-19(20-2)21-10-9-18(25)24-14-12-23(13-15-24)17-7-5-4-6-8-17;/h4-8H,3,9-16H2,1-2H3,(H2,20,21,22);1H. The summed E-state index contributed by atoms with van der Waals surface area (Å²) in [5.74, 6) is 0.890. The second-order valence-electron chi connectivity index (χ2n) is 6.08. The minimum absolute atomic E-state index is 0. The van der Waals surface area contributed by atoms with Crippen molar-refractivity contribution < 1.29 is 9.53 Å². The van der Waals surface area contributed by atoms with Crippen LogP contribution in [-0.2, 0) is 9.53 Å². The number of carbonyl (C=O) groups is 1. The van der Waals surface area contributed by atoms with Crippen LogP contribution in [0.15, 0.2) is 35.3 Å². The van der Waals surface area contributed by atoms with Crippen LogP contribution < -0.4 is 15.5 Å². The average Bonchev–Trinajstić information content (AvgIpc) is 2.70. The fraction of sp³-hybridized carbons (Fsp3) is 0.579. The molecule has 0 aliphatic carbocycles. The summed E-state index contributed by atoms with van der Waals surface area (Å²) in [6.07, 6.45) is 0.470. The van der Waals surface area contributed by atoms with Crippen molar-refractivity contribution in [2.24, 2.45) is 4.99 Å². The molecule has 152 valence electrons. The molecule has 0 aromatic heterocycles. The van der Waals surface area contributed by atoms with Gasteiger partial charge in [-0.1, -0.05) is 18.2 Å². The van der Waals surface area contributed by atoms with Crippen LogP contribution >= 0.6 is 24.0 Å². The number of ether oxygens (including phenoxy) is 1. The van der Waals surface area contributed by atoms with E-state index in [1.807, 2.05) is 30.0 Å². The zero-order valence-electron chi connectivity index (χ0n) is 16.3. The molecule has 8 heteroatoms. The topological polar surface area (TPSA) is 69.2 Å². The van der Waals surface area contributed by atoms with Gasteiger partial charge >= 0.3 is 0 Å². The summed E-state index contributed by atoms with van der Waals surface area (Å²) in [5, 5.41) is 6.34. The van der Waals surface area contributed by atoms with Crippen molar-refractivity contribution in [3.63, 3.8) is 0 Å². The monoisotopic (exact) mass is 489 g/mol. The van der Waals surface area contributed by atoms with Crippen LogP contribution in [0.1, 0.15) is 13.3 Å². The molecule has 0 spiro atoms. The van der Waals surface area contributed by atoms with Gasteiger partial charge in [-0.15, -0.1) is 24.0 Å². The zero-order chi connectivity index (χ0) is 18.6. The maximum atomic E-state index is 12.4. The molecule has 7 nitrogen and oxygen atoms in total. The molecule has 1 fully saturated rings. The molecule has 27 heavy (non-hydrogen) atoms. The van der Waals surface area contributed by atoms with Crippen molar-refractivity contribution in [2.45, 2.75) is 13.3 Å². The third-order valence-electron chi connectivity index (χ3n) is 4.35. The molecule has 1 aromatic carbocycles. The number of hydrogen-bond donors (Lipinski definition) is 2. The number of nitrogens with one attached hydrogen (secondary N) is 2. The lowest BCUT2D eigenvalue weighted by Gasteiger charge is -2.36. The fourth-order valence-corrected chi connectivity index (χ4v) is 2.91. The number of amides is 1. The van der Waals surface area contributed by atoms with Crippen molar-refractivity contribution in [3.8, 4) is 0 Å². The van der Waals surface area contributed by atoms with Crippen molar-refractivity contribution in [1.29, 1.82) is 0 Å². The number of benzene rings is 1. The molecule has 1 aliphatic rings. The summed E-state index contributed by atoms with van der Waals surface area (Å²) in [6, 6.07) is 10.4. The summed E-state index contributed by atoms with van der Waals surface area (Å²) in [4.78, 5) is 20.8. The average molecular weight is 489 g/mol. The minimum atomic E-state index is 0. The Bertz CT molecular complexity index is 562. The first-order valence-corrected chi connectivity index (χ1v) is 9.34. The number of anilines is 1. The van der Waals surface area contributed by atoms with E-state index < -0.39 is 0 Å². The maximum Gasteiger partial charge on any atom is 0.224 e. The van der Waals surface area contributed by atoms with Crippen LogP contribution in [0.2, 0.25) is 0 Å². The number of aliphatic imine (C=N–C) groups is 1. The van der Waals surface area contributed by atoms with Crippen LogP contribution in [0.3, 0.4) is 0 Å². The molecule has 1 saturated heterocycles. The van der Waals surface area contributed by atoms with E-state index in [1.54, 1.807) is 7.05 Å². The van der Waals surface area contributed by atoms with E-state index in [2.05, 4.69) is 32.7 Å². The first-order valence-electron chi connectivity index (χ1n) is 9.34. The van der Waals surface area contributed by atoms with Gasteiger partial charge in [-0.2, -0.15) is 0 Å². The number of hydrogen-bond acceptors (Lipinski definition) is 4.